The summed E-state index contributed by atoms with van der Waals surface area (Å²) in [7, 11) is 1.75. The summed E-state index contributed by atoms with van der Waals surface area (Å²) in [4.78, 5) is 37.9. The van der Waals surface area contributed by atoms with Crippen LogP contribution >= 0.6 is 0 Å². The van der Waals surface area contributed by atoms with Gasteiger partial charge < -0.3 is 9.55 Å². The van der Waals surface area contributed by atoms with Crippen molar-refractivity contribution in [2.75, 3.05) is 5.32 Å². The van der Waals surface area contributed by atoms with Crippen LogP contribution in [-0.4, -0.2) is 25.4 Å². The van der Waals surface area contributed by atoms with Gasteiger partial charge in [-0.3, -0.25) is 19.9 Å². The van der Waals surface area contributed by atoms with Crippen LogP contribution < -0.4 is 10.9 Å². The molecule has 0 radical (unpaired) electrons. The van der Waals surface area contributed by atoms with Gasteiger partial charge in [0.2, 0.25) is 5.95 Å². The highest BCUT2D eigenvalue weighted by atomic mass is 16.2. The van der Waals surface area contributed by atoms with Gasteiger partial charge >= 0.3 is 0 Å². The fourth-order valence-corrected chi connectivity index (χ4v) is 3.90. The number of nitrogens with one attached hydrogen (secondary N) is 2. The maximum atomic E-state index is 13.1. The first-order chi connectivity index (χ1) is 15.4. The number of carbonyl (C=O) groups is 1. The van der Waals surface area contributed by atoms with Gasteiger partial charge in [-0.1, -0.05) is 18.2 Å². The number of aromatic nitrogens is 4. The Balaban J connectivity index is 1.55. The van der Waals surface area contributed by atoms with E-state index in [1.165, 1.54) is 0 Å². The zero-order valence-corrected chi connectivity index (χ0v) is 17.9. The zero-order chi connectivity index (χ0) is 22.4. The summed E-state index contributed by atoms with van der Waals surface area (Å²) in [5.41, 5.74) is 5.75. The van der Waals surface area contributed by atoms with E-state index in [4.69, 9.17) is 0 Å². The number of nitrogens with zero attached hydrogens (tertiary/aromatic N) is 3. The predicted octanol–water partition coefficient (Wildman–Crippen LogP) is 4.35. The van der Waals surface area contributed by atoms with Crippen LogP contribution in [0.25, 0.3) is 33.1 Å². The van der Waals surface area contributed by atoms with E-state index in [0.29, 0.717) is 22.6 Å². The molecule has 158 valence electrons. The lowest BCUT2D eigenvalue weighted by Gasteiger charge is -2.12. The van der Waals surface area contributed by atoms with Crippen LogP contribution in [0.3, 0.4) is 0 Å². The van der Waals surface area contributed by atoms with Gasteiger partial charge in [0.05, 0.1) is 16.6 Å². The fourth-order valence-electron chi connectivity index (χ4n) is 3.90. The zero-order valence-electron chi connectivity index (χ0n) is 17.9. The molecule has 0 atom stereocenters. The molecule has 2 N–H and O–H groups in total. The molecule has 7 heteroatoms. The number of rotatable bonds is 3. The quantitative estimate of drug-likeness (QED) is 0.451. The molecule has 3 aromatic heterocycles. The van der Waals surface area contributed by atoms with E-state index in [1.807, 2.05) is 56.3 Å². The van der Waals surface area contributed by atoms with Gasteiger partial charge in [-0.25, -0.2) is 4.98 Å². The Kier molecular flexibility index (Phi) is 4.59. The summed E-state index contributed by atoms with van der Waals surface area (Å²) in [6.07, 6.45) is 1.76. The van der Waals surface area contributed by atoms with Crippen LogP contribution in [-0.2, 0) is 7.05 Å². The molecule has 0 bridgehead atoms. The third-order valence-corrected chi connectivity index (χ3v) is 5.66. The smallest absolute Gasteiger partial charge is 0.258 e. The molecule has 1 amide bonds. The van der Waals surface area contributed by atoms with Crippen LogP contribution in [0, 0.1) is 13.8 Å². The molecule has 5 rings (SSSR count). The van der Waals surface area contributed by atoms with E-state index in [1.54, 1.807) is 29.9 Å². The first-order valence-corrected chi connectivity index (χ1v) is 10.2. The number of fused-ring (bicyclic) bond motifs is 2. The van der Waals surface area contributed by atoms with E-state index in [-0.39, 0.29) is 11.5 Å². The Bertz CT molecular complexity index is 1550. The number of pyridine rings is 2. The van der Waals surface area contributed by atoms with Crippen LogP contribution in [0.15, 0.2) is 65.6 Å². The van der Waals surface area contributed by atoms with Crippen LogP contribution in [0.2, 0.25) is 0 Å². The average Bonchev–Trinajstić information content (AvgIpc) is 3.19. The molecule has 0 spiro atoms. The minimum absolute atomic E-state index is 0.124. The molecule has 7 nitrogen and oxygen atoms in total. The van der Waals surface area contributed by atoms with E-state index in [2.05, 4.69) is 20.3 Å². The highest BCUT2D eigenvalue weighted by Gasteiger charge is 2.15. The summed E-state index contributed by atoms with van der Waals surface area (Å²) in [6, 6.07) is 16.6. The Morgan fingerprint density at radius 3 is 2.66 bits per heavy atom. The molecule has 0 fully saturated rings. The van der Waals surface area contributed by atoms with Crippen molar-refractivity contribution in [2.45, 2.75) is 13.8 Å². The average molecular weight is 423 g/mol. The second-order valence-corrected chi connectivity index (χ2v) is 7.89. The SMILES string of the molecule is Cc1cc2c(cn1)cc(-c1cc(C(=O)Nc3nc4ccccc4[nH]3)ccc1C)c(=O)n2C. The van der Waals surface area contributed by atoms with E-state index in [9.17, 15) is 9.59 Å². The van der Waals surface area contributed by atoms with E-state index < -0.39 is 0 Å². The number of aromatic amines is 1. The molecule has 0 saturated heterocycles. The number of benzene rings is 2. The van der Waals surface area contributed by atoms with Gasteiger partial charge in [0, 0.05) is 35.5 Å². The highest BCUT2D eigenvalue weighted by Crippen LogP contribution is 2.25. The molecule has 5 aromatic rings. The largest absolute Gasteiger partial charge is 0.324 e. The van der Waals surface area contributed by atoms with Crippen molar-refractivity contribution >= 4 is 33.8 Å². The first-order valence-electron chi connectivity index (χ1n) is 10.2. The number of para-hydroxylation sites is 2. The van der Waals surface area contributed by atoms with Gasteiger partial charge in [0.15, 0.2) is 0 Å². The molecule has 0 aliphatic heterocycles. The Morgan fingerprint density at radius 1 is 1.03 bits per heavy atom. The Morgan fingerprint density at radius 2 is 1.84 bits per heavy atom. The number of aryl methyl sites for hydroxylation is 3. The summed E-state index contributed by atoms with van der Waals surface area (Å²) in [5.74, 6) is 0.0709. The summed E-state index contributed by atoms with van der Waals surface area (Å²) in [5, 5.41) is 3.67. The number of H-pyrrole nitrogens is 1. The van der Waals surface area contributed by atoms with Crippen molar-refractivity contribution in [1.82, 2.24) is 19.5 Å². The van der Waals surface area contributed by atoms with E-state index in [0.717, 1.165) is 33.2 Å². The van der Waals surface area contributed by atoms with Crippen LogP contribution in [0.4, 0.5) is 5.95 Å². The number of hydrogen-bond donors (Lipinski definition) is 2. The molecular weight excluding hydrogens is 402 g/mol. The molecule has 0 saturated carbocycles. The molecule has 32 heavy (non-hydrogen) atoms. The minimum Gasteiger partial charge on any atom is -0.324 e. The van der Waals surface area contributed by atoms with Crippen molar-refractivity contribution in [3.63, 3.8) is 0 Å². The predicted molar refractivity (Wildman–Crippen MR) is 126 cm³/mol. The lowest BCUT2D eigenvalue weighted by atomic mass is 9.97. The number of anilines is 1. The lowest BCUT2D eigenvalue weighted by Crippen LogP contribution is -2.20. The van der Waals surface area contributed by atoms with Crippen molar-refractivity contribution in [3.05, 3.63) is 88.0 Å². The van der Waals surface area contributed by atoms with Crippen LogP contribution in [0.1, 0.15) is 21.6 Å². The topological polar surface area (TPSA) is 92.7 Å². The summed E-state index contributed by atoms with van der Waals surface area (Å²) < 4.78 is 1.62. The van der Waals surface area contributed by atoms with Gasteiger partial charge in [-0.2, -0.15) is 0 Å². The van der Waals surface area contributed by atoms with Crippen molar-refractivity contribution < 1.29 is 4.79 Å². The minimum atomic E-state index is -0.305. The molecular formula is C25H21N5O2. The van der Waals surface area contributed by atoms with Gasteiger partial charge in [0.25, 0.3) is 11.5 Å². The summed E-state index contributed by atoms with van der Waals surface area (Å²) >= 11 is 0. The Hall–Kier alpha value is -4.26. The monoisotopic (exact) mass is 423 g/mol. The first kappa shape index (κ1) is 19.7. The standard InChI is InChI=1S/C25H21N5O2/c1-14-8-9-16(23(31)29-25-27-20-6-4-5-7-21(20)28-25)11-18(14)19-12-17-13-26-15(2)10-22(17)30(3)24(19)32/h4-13H,1-3H3,(H2,27,28,29,31). The lowest BCUT2D eigenvalue weighted by molar-refractivity contribution is 0.102. The molecule has 0 unspecified atom stereocenters. The second-order valence-electron chi connectivity index (χ2n) is 7.89. The Labute approximate surface area is 183 Å². The number of amides is 1. The third kappa shape index (κ3) is 3.33. The van der Waals surface area contributed by atoms with Gasteiger partial charge in [-0.05, 0) is 61.4 Å². The molecule has 0 aliphatic carbocycles. The van der Waals surface area contributed by atoms with Crippen LogP contribution in [0.5, 0.6) is 0 Å². The third-order valence-electron chi connectivity index (χ3n) is 5.66. The summed E-state index contributed by atoms with van der Waals surface area (Å²) in [6.45, 7) is 3.82. The van der Waals surface area contributed by atoms with Crippen molar-refractivity contribution in [2.24, 2.45) is 7.05 Å². The van der Waals surface area contributed by atoms with Crippen molar-refractivity contribution in [3.8, 4) is 11.1 Å². The van der Waals surface area contributed by atoms with E-state index >= 15 is 0 Å². The van der Waals surface area contributed by atoms with Gasteiger partial charge in [-0.15, -0.1) is 0 Å². The normalized spacial score (nSPS) is 11.2. The second kappa shape index (κ2) is 7.46. The number of hydrogen-bond acceptors (Lipinski definition) is 4. The fraction of sp³-hybridized carbons (Fsp3) is 0.120. The maximum Gasteiger partial charge on any atom is 0.258 e. The highest BCUT2D eigenvalue weighted by molar-refractivity contribution is 6.05. The van der Waals surface area contributed by atoms with Gasteiger partial charge in [0.1, 0.15) is 0 Å². The molecule has 0 aliphatic rings. The molecule has 2 aromatic carbocycles. The maximum absolute atomic E-state index is 13.1. The van der Waals surface area contributed by atoms with Crippen molar-refractivity contribution in [1.29, 1.82) is 0 Å². The molecule has 3 heterocycles. The number of carbonyl (C=O) groups excluding carboxylic acids is 1. The number of imidazole rings is 1.